The molecular formula is C19H25ClO6S. The lowest BCUT2D eigenvalue weighted by molar-refractivity contribution is -0.183. The van der Waals surface area contributed by atoms with Gasteiger partial charge in [0.2, 0.25) is 0 Å². The van der Waals surface area contributed by atoms with Crippen molar-refractivity contribution in [2.45, 2.75) is 48.7 Å². The maximum absolute atomic E-state index is 12.4. The minimum atomic E-state index is -3.42. The van der Waals surface area contributed by atoms with E-state index < -0.39 is 21.5 Å². The molecule has 0 aromatic heterocycles. The maximum Gasteiger partial charge on any atom is 0.313 e. The van der Waals surface area contributed by atoms with E-state index in [2.05, 4.69) is 0 Å². The molecule has 0 N–H and O–H groups in total. The van der Waals surface area contributed by atoms with Crippen LogP contribution in [0.2, 0.25) is 5.02 Å². The Labute approximate surface area is 165 Å². The molecule has 1 aromatic rings. The van der Waals surface area contributed by atoms with E-state index in [-0.39, 0.29) is 15.9 Å². The second kappa shape index (κ2) is 8.07. The first-order chi connectivity index (χ1) is 12.7. The average Bonchev–Trinajstić information content (AvgIpc) is 3.07. The molecule has 1 unspecified atom stereocenters. The average molecular weight is 417 g/mol. The van der Waals surface area contributed by atoms with Crippen molar-refractivity contribution in [3.8, 4) is 0 Å². The summed E-state index contributed by atoms with van der Waals surface area (Å²) in [5.74, 6) is -0.921. The highest BCUT2D eigenvalue weighted by Gasteiger charge is 2.41. The van der Waals surface area contributed by atoms with Crippen LogP contribution in [0.3, 0.4) is 0 Å². The highest BCUT2D eigenvalue weighted by atomic mass is 35.5. The van der Waals surface area contributed by atoms with Crippen molar-refractivity contribution in [2.75, 3.05) is 26.6 Å². The molecule has 0 amide bonds. The molecule has 1 heterocycles. The van der Waals surface area contributed by atoms with Gasteiger partial charge in [0, 0.05) is 19.1 Å². The van der Waals surface area contributed by atoms with E-state index in [1.807, 2.05) is 0 Å². The normalized spacial score (nSPS) is 21.3. The van der Waals surface area contributed by atoms with Crippen molar-refractivity contribution in [3.05, 3.63) is 28.8 Å². The second-order valence-electron chi connectivity index (χ2n) is 7.32. The van der Waals surface area contributed by atoms with E-state index in [4.69, 9.17) is 25.8 Å². The molecule has 27 heavy (non-hydrogen) atoms. The van der Waals surface area contributed by atoms with E-state index in [9.17, 15) is 13.2 Å². The monoisotopic (exact) mass is 416 g/mol. The van der Waals surface area contributed by atoms with Crippen molar-refractivity contribution in [1.82, 2.24) is 0 Å². The molecule has 1 aliphatic carbocycles. The Morgan fingerprint density at radius 1 is 1.30 bits per heavy atom. The Morgan fingerprint density at radius 2 is 1.93 bits per heavy atom. The van der Waals surface area contributed by atoms with Crippen molar-refractivity contribution < 1.29 is 27.4 Å². The molecule has 1 saturated carbocycles. The van der Waals surface area contributed by atoms with Crippen molar-refractivity contribution in [2.24, 2.45) is 5.92 Å². The summed E-state index contributed by atoms with van der Waals surface area (Å²) in [5.41, 5.74) is 0.674. The Kier molecular flexibility index (Phi) is 6.15. The lowest BCUT2D eigenvalue weighted by atomic mass is 9.78. The molecule has 1 spiro atoms. The Hall–Kier alpha value is -1.15. The molecule has 1 atom stereocenters. The van der Waals surface area contributed by atoms with Crippen LogP contribution in [0.15, 0.2) is 23.1 Å². The Morgan fingerprint density at radius 3 is 2.44 bits per heavy atom. The fraction of sp³-hybridized carbons (Fsp3) is 0.632. The van der Waals surface area contributed by atoms with Gasteiger partial charge in [0.1, 0.15) is 0 Å². The zero-order chi connectivity index (χ0) is 19.7. The van der Waals surface area contributed by atoms with Gasteiger partial charge in [-0.15, -0.1) is 0 Å². The largest absolute Gasteiger partial charge is 0.469 e. The molecule has 150 valence electrons. The molecular weight excluding hydrogens is 392 g/mol. The predicted octanol–water partition coefficient (Wildman–Crippen LogP) is 3.32. The van der Waals surface area contributed by atoms with E-state index in [1.165, 1.54) is 13.2 Å². The van der Waals surface area contributed by atoms with Crippen LogP contribution in [0.1, 0.15) is 43.6 Å². The van der Waals surface area contributed by atoms with Crippen molar-refractivity contribution in [3.63, 3.8) is 0 Å². The zero-order valence-electron chi connectivity index (χ0n) is 15.6. The number of benzene rings is 1. The smallest absolute Gasteiger partial charge is 0.313 e. The van der Waals surface area contributed by atoms with Crippen LogP contribution < -0.4 is 0 Å². The van der Waals surface area contributed by atoms with E-state index in [0.29, 0.717) is 31.1 Å². The van der Waals surface area contributed by atoms with Crippen LogP contribution in [0.4, 0.5) is 0 Å². The molecule has 1 saturated heterocycles. The number of halogens is 1. The van der Waals surface area contributed by atoms with Gasteiger partial charge in [-0.1, -0.05) is 17.7 Å². The SMILES string of the molecule is COC(=O)C(CC1CCC2(CC1)OCCO2)c1ccc(S(C)(=O)=O)c(Cl)c1. The van der Waals surface area contributed by atoms with Gasteiger partial charge in [-0.3, -0.25) is 4.79 Å². The Bertz CT molecular complexity index is 790. The van der Waals surface area contributed by atoms with Gasteiger partial charge >= 0.3 is 5.97 Å². The summed E-state index contributed by atoms with van der Waals surface area (Å²) in [7, 11) is -2.06. The lowest BCUT2D eigenvalue weighted by Crippen LogP contribution is -2.35. The molecule has 3 rings (SSSR count). The zero-order valence-corrected chi connectivity index (χ0v) is 17.1. The third-order valence-electron chi connectivity index (χ3n) is 5.49. The molecule has 0 bridgehead atoms. The number of ether oxygens (including phenoxy) is 3. The topological polar surface area (TPSA) is 78.9 Å². The van der Waals surface area contributed by atoms with Crippen LogP contribution in [-0.2, 0) is 28.8 Å². The first-order valence-electron chi connectivity index (χ1n) is 9.09. The van der Waals surface area contributed by atoms with Crippen LogP contribution in [-0.4, -0.2) is 46.8 Å². The molecule has 8 heteroatoms. The number of hydrogen-bond donors (Lipinski definition) is 0. The fourth-order valence-corrected chi connectivity index (χ4v) is 5.36. The van der Waals surface area contributed by atoms with Gasteiger partial charge in [0.15, 0.2) is 15.6 Å². The Balaban J connectivity index is 1.75. The number of carbonyl (C=O) groups excluding carboxylic acids is 1. The highest BCUT2D eigenvalue weighted by molar-refractivity contribution is 7.90. The number of esters is 1. The minimum absolute atomic E-state index is 0.0617. The number of carbonyl (C=O) groups is 1. The third kappa shape index (κ3) is 4.65. The number of hydrogen-bond acceptors (Lipinski definition) is 6. The lowest BCUT2D eigenvalue weighted by Gasteiger charge is -2.36. The van der Waals surface area contributed by atoms with Crippen LogP contribution in [0.25, 0.3) is 0 Å². The van der Waals surface area contributed by atoms with E-state index in [1.54, 1.807) is 12.1 Å². The number of methoxy groups -OCH3 is 1. The standard InChI is InChI=1S/C19H25ClO6S/c1-24-18(21)15(14-3-4-17(16(20)12-14)27(2,22)23)11-13-5-7-19(8-6-13)25-9-10-26-19/h3-4,12-13,15H,5-11H2,1-2H3. The van der Waals surface area contributed by atoms with Crippen molar-refractivity contribution in [1.29, 1.82) is 0 Å². The van der Waals surface area contributed by atoms with Gasteiger partial charge in [-0.05, 0) is 42.9 Å². The van der Waals surface area contributed by atoms with E-state index >= 15 is 0 Å². The molecule has 2 aliphatic rings. The maximum atomic E-state index is 12.4. The third-order valence-corrected chi connectivity index (χ3v) is 7.07. The summed E-state index contributed by atoms with van der Waals surface area (Å²) >= 11 is 6.17. The summed E-state index contributed by atoms with van der Waals surface area (Å²) in [6.07, 6.45) is 5.18. The first-order valence-corrected chi connectivity index (χ1v) is 11.4. The number of rotatable bonds is 5. The molecule has 6 nitrogen and oxygen atoms in total. The number of sulfone groups is 1. The second-order valence-corrected chi connectivity index (χ2v) is 9.72. The molecule has 1 aromatic carbocycles. The molecule has 2 fully saturated rings. The van der Waals surface area contributed by atoms with Gasteiger partial charge < -0.3 is 14.2 Å². The van der Waals surface area contributed by atoms with Gasteiger partial charge in [0.25, 0.3) is 0 Å². The first kappa shape index (κ1) is 20.6. The summed E-state index contributed by atoms with van der Waals surface area (Å²) in [6.45, 7) is 1.28. The van der Waals surface area contributed by atoms with Gasteiger partial charge in [0.05, 0.1) is 36.2 Å². The van der Waals surface area contributed by atoms with Crippen LogP contribution in [0, 0.1) is 5.92 Å². The predicted molar refractivity (Wildman–Crippen MR) is 101 cm³/mol. The minimum Gasteiger partial charge on any atom is -0.469 e. The van der Waals surface area contributed by atoms with Gasteiger partial charge in [-0.25, -0.2) is 8.42 Å². The van der Waals surface area contributed by atoms with Crippen LogP contribution in [0.5, 0.6) is 0 Å². The van der Waals surface area contributed by atoms with Crippen molar-refractivity contribution >= 4 is 27.4 Å². The quantitative estimate of drug-likeness (QED) is 0.685. The fourth-order valence-electron chi connectivity index (χ4n) is 4.02. The summed E-state index contributed by atoms with van der Waals surface area (Å²) in [5, 5.41) is 0.124. The van der Waals surface area contributed by atoms with Gasteiger partial charge in [-0.2, -0.15) is 0 Å². The molecule has 0 radical (unpaired) electrons. The highest BCUT2D eigenvalue weighted by Crippen LogP contribution is 2.42. The van der Waals surface area contributed by atoms with Crippen LogP contribution >= 0.6 is 11.6 Å². The summed E-state index contributed by atoms with van der Waals surface area (Å²) in [4.78, 5) is 12.5. The van der Waals surface area contributed by atoms with E-state index in [0.717, 1.165) is 31.9 Å². The molecule has 1 aliphatic heterocycles. The summed E-state index contributed by atoms with van der Waals surface area (Å²) in [6, 6.07) is 4.67. The summed E-state index contributed by atoms with van der Waals surface area (Å²) < 4.78 is 40.0.